The number of fused-ring (bicyclic) bond motifs is 1. The van der Waals surface area contributed by atoms with Crippen molar-refractivity contribution in [2.45, 2.75) is 32.1 Å². The van der Waals surface area contributed by atoms with E-state index < -0.39 is 5.41 Å². The first kappa shape index (κ1) is 19.9. The molecule has 1 heterocycles. The van der Waals surface area contributed by atoms with Crippen molar-refractivity contribution in [2.75, 3.05) is 33.9 Å². The molecule has 5 heteroatoms. The number of carbonyl (C=O) groups excluding carboxylic acids is 1. The van der Waals surface area contributed by atoms with Crippen LogP contribution >= 0.6 is 0 Å². The summed E-state index contributed by atoms with van der Waals surface area (Å²) in [6.45, 7) is 2.73. The van der Waals surface area contributed by atoms with Gasteiger partial charge in [-0.15, -0.1) is 0 Å². The Morgan fingerprint density at radius 3 is 2.45 bits per heavy atom. The minimum atomic E-state index is -0.592. The highest BCUT2D eigenvalue weighted by Crippen LogP contribution is 2.44. The molecule has 2 aliphatic rings. The van der Waals surface area contributed by atoms with Crippen LogP contribution in [-0.4, -0.2) is 44.5 Å². The zero-order valence-electron chi connectivity index (χ0n) is 17.2. The second-order valence-corrected chi connectivity index (χ2v) is 8.29. The van der Waals surface area contributed by atoms with Crippen molar-refractivity contribution in [1.82, 2.24) is 4.90 Å². The predicted octanol–water partition coefficient (Wildman–Crippen LogP) is 4.30. The van der Waals surface area contributed by atoms with Crippen molar-refractivity contribution in [3.8, 4) is 11.5 Å². The van der Waals surface area contributed by atoms with Crippen molar-refractivity contribution in [1.29, 1.82) is 0 Å². The van der Waals surface area contributed by atoms with Crippen LogP contribution in [0, 0.1) is 11.2 Å². The summed E-state index contributed by atoms with van der Waals surface area (Å²) in [5.74, 6) is 1.07. The average molecular weight is 397 g/mol. The third kappa shape index (κ3) is 3.88. The molecule has 0 radical (unpaired) electrons. The zero-order chi connectivity index (χ0) is 20.4. The third-order valence-electron chi connectivity index (χ3n) is 6.27. The van der Waals surface area contributed by atoms with Crippen LogP contribution in [-0.2, 0) is 12.8 Å². The Morgan fingerprint density at radius 1 is 1.03 bits per heavy atom. The topological polar surface area (TPSA) is 38.8 Å². The molecule has 2 aromatic carbocycles. The second-order valence-electron chi connectivity index (χ2n) is 8.29. The summed E-state index contributed by atoms with van der Waals surface area (Å²) in [7, 11) is 3.19. The molecule has 154 valence electrons. The molecular weight excluding hydrogens is 369 g/mol. The fourth-order valence-corrected chi connectivity index (χ4v) is 4.92. The summed E-state index contributed by atoms with van der Waals surface area (Å²) in [5, 5.41) is 0. The summed E-state index contributed by atoms with van der Waals surface area (Å²) < 4.78 is 24.7. The van der Waals surface area contributed by atoms with Crippen molar-refractivity contribution in [2.24, 2.45) is 5.41 Å². The molecule has 0 aromatic heterocycles. The van der Waals surface area contributed by atoms with E-state index in [0.29, 0.717) is 36.4 Å². The number of ether oxygens (including phenoxy) is 2. The number of likely N-dealkylation sites (tertiary alicyclic amines) is 1. The van der Waals surface area contributed by atoms with Crippen LogP contribution in [0.5, 0.6) is 11.5 Å². The van der Waals surface area contributed by atoms with Gasteiger partial charge in [0.2, 0.25) is 0 Å². The van der Waals surface area contributed by atoms with E-state index in [1.165, 1.54) is 25.3 Å². The van der Waals surface area contributed by atoms with Gasteiger partial charge in [0.25, 0.3) is 0 Å². The number of halogens is 1. The summed E-state index contributed by atoms with van der Waals surface area (Å²) in [6, 6.07) is 10.4. The van der Waals surface area contributed by atoms with E-state index in [-0.39, 0.29) is 11.6 Å². The Labute approximate surface area is 171 Å². The molecule has 2 aromatic rings. The van der Waals surface area contributed by atoms with E-state index in [4.69, 9.17) is 9.47 Å². The minimum absolute atomic E-state index is 0.128. The molecule has 1 aliphatic heterocycles. The van der Waals surface area contributed by atoms with E-state index in [9.17, 15) is 9.18 Å². The van der Waals surface area contributed by atoms with Crippen molar-refractivity contribution in [3.05, 3.63) is 58.9 Å². The number of ketones is 1. The minimum Gasteiger partial charge on any atom is -0.493 e. The van der Waals surface area contributed by atoms with Crippen molar-refractivity contribution < 1.29 is 18.7 Å². The first-order valence-electron chi connectivity index (χ1n) is 10.3. The van der Waals surface area contributed by atoms with Gasteiger partial charge in [0.05, 0.1) is 19.6 Å². The molecular formula is C24H28FNO3. The standard InChI is InChI=1S/C24H28FNO3/c1-28-21-12-18-15-24(16-26-9-4-3-5-10-26,14-17-7-6-8-19(25)11-17)23(27)20(18)13-22(21)29-2/h6-8,11-13H,3-5,9-10,14-16H2,1-2H3. The first-order valence-corrected chi connectivity index (χ1v) is 10.3. The van der Waals surface area contributed by atoms with Gasteiger partial charge in [0, 0.05) is 12.1 Å². The number of carbonyl (C=O) groups is 1. The number of piperidine rings is 1. The smallest absolute Gasteiger partial charge is 0.171 e. The molecule has 4 nitrogen and oxygen atoms in total. The molecule has 0 amide bonds. The quantitative estimate of drug-likeness (QED) is 0.729. The Balaban J connectivity index is 1.72. The highest BCUT2D eigenvalue weighted by molar-refractivity contribution is 6.06. The van der Waals surface area contributed by atoms with E-state index in [1.807, 2.05) is 12.1 Å². The summed E-state index contributed by atoms with van der Waals surface area (Å²) in [5.41, 5.74) is 1.96. The number of Topliss-reactive ketones (excluding diaryl/α,β-unsaturated/α-hetero) is 1. The molecule has 1 unspecified atom stereocenters. The number of nitrogens with zero attached hydrogens (tertiary/aromatic N) is 1. The number of hydrogen-bond acceptors (Lipinski definition) is 4. The lowest BCUT2D eigenvalue weighted by atomic mass is 9.77. The Morgan fingerprint density at radius 2 is 1.76 bits per heavy atom. The molecule has 0 N–H and O–H groups in total. The predicted molar refractivity (Wildman–Crippen MR) is 110 cm³/mol. The van der Waals surface area contributed by atoms with Crippen LogP contribution in [0.3, 0.4) is 0 Å². The van der Waals surface area contributed by atoms with Crippen LogP contribution in [0.2, 0.25) is 0 Å². The Hall–Kier alpha value is -2.40. The molecule has 1 saturated heterocycles. The van der Waals surface area contributed by atoms with Gasteiger partial charge in [0.1, 0.15) is 5.82 Å². The fraction of sp³-hybridized carbons (Fsp3) is 0.458. The lowest BCUT2D eigenvalue weighted by Gasteiger charge is -2.36. The van der Waals surface area contributed by atoms with Crippen LogP contribution in [0.1, 0.15) is 40.7 Å². The first-order chi connectivity index (χ1) is 14.0. The molecule has 0 spiro atoms. The molecule has 1 aliphatic carbocycles. The Bertz CT molecular complexity index is 907. The highest BCUT2D eigenvalue weighted by atomic mass is 19.1. The lowest BCUT2D eigenvalue weighted by Crippen LogP contribution is -2.45. The zero-order valence-corrected chi connectivity index (χ0v) is 17.2. The van der Waals surface area contributed by atoms with Gasteiger partial charge in [0.15, 0.2) is 17.3 Å². The van der Waals surface area contributed by atoms with Crippen molar-refractivity contribution >= 4 is 5.78 Å². The van der Waals surface area contributed by atoms with Crippen LogP contribution in [0.25, 0.3) is 0 Å². The normalized spacial score (nSPS) is 21.8. The van der Waals surface area contributed by atoms with E-state index in [2.05, 4.69) is 4.90 Å². The Kier molecular flexibility index (Phi) is 5.59. The molecule has 0 bridgehead atoms. The summed E-state index contributed by atoms with van der Waals surface area (Å²) in [6.07, 6.45) is 4.74. The van der Waals surface area contributed by atoms with Crippen LogP contribution in [0.15, 0.2) is 36.4 Å². The second kappa shape index (κ2) is 8.15. The maximum absolute atomic E-state index is 13.9. The molecule has 0 saturated carbocycles. The van der Waals surface area contributed by atoms with Gasteiger partial charge in [-0.25, -0.2) is 4.39 Å². The number of rotatable bonds is 6. The number of benzene rings is 2. The SMILES string of the molecule is COc1cc2c(cc1OC)C(=O)C(Cc1cccc(F)c1)(CN1CCCCC1)C2. The van der Waals surface area contributed by atoms with E-state index in [0.717, 1.165) is 24.2 Å². The van der Waals surface area contributed by atoms with Crippen molar-refractivity contribution in [3.63, 3.8) is 0 Å². The highest BCUT2D eigenvalue weighted by Gasteiger charge is 2.47. The van der Waals surface area contributed by atoms with Gasteiger partial charge < -0.3 is 14.4 Å². The molecule has 29 heavy (non-hydrogen) atoms. The fourth-order valence-electron chi connectivity index (χ4n) is 4.92. The van der Waals surface area contributed by atoms with Gasteiger partial charge in [-0.1, -0.05) is 18.6 Å². The number of methoxy groups -OCH3 is 2. The van der Waals surface area contributed by atoms with Crippen LogP contribution in [0.4, 0.5) is 4.39 Å². The maximum atomic E-state index is 13.9. The lowest BCUT2D eigenvalue weighted by molar-refractivity contribution is 0.0702. The van der Waals surface area contributed by atoms with Gasteiger partial charge in [-0.2, -0.15) is 0 Å². The number of hydrogen-bond donors (Lipinski definition) is 0. The third-order valence-corrected chi connectivity index (χ3v) is 6.27. The summed E-state index contributed by atoms with van der Waals surface area (Å²) in [4.78, 5) is 16.1. The van der Waals surface area contributed by atoms with E-state index >= 15 is 0 Å². The van der Waals surface area contributed by atoms with Gasteiger partial charge in [-0.05, 0) is 74.2 Å². The van der Waals surface area contributed by atoms with Gasteiger partial charge >= 0.3 is 0 Å². The molecule has 1 atom stereocenters. The van der Waals surface area contributed by atoms with Crippen LogP contribution < -0.4 is 9.47 Å². The van der Waals surface area contributed by atoms with E-state index in [1.54, 1.807) is 32.4 Å². The largest absolute Gasteiger partial charge is 0.493 e. The average Bonchev–Trinajstić information content (AvgIpc) is 2.98. The monoisotopic (exact) mass is 397 g/mol. The summed E-state index contributed by atoms with van der Waals surface area (Å²) >= 11 is 0. The molecule has 4 rings (SSSR count). The van der Waals surface area contributed by atoms with Gasteiger partial charge in [-0.3, -0.25) is 4.79 Å². The maximum Gasteiger partial charge on any atom is 0.171 e. The molecule has 1 fully saturated rings.